The Hall–Kier alpha value is -1.66. The summed E-state index contributed by atoms with van der Waals surface area (Å²) in [4.78, 5) is 8.50. The molecule has 5 nitrogen and oxygen atoms in total. The molecule has 0 bridgehead atoms. The maximum atomic E-state index is 6.28. The van der Waals surface area contributed by atoms with Gasteiger partial charge in [0.15, 0.2) is 0 Å². The van der Waals surface area contributed by atoms with Gasteiger partial charge in [-0.3, -0.25) is 0 Å². The predicted molar refractivity (Wildman–Crippen MR) is 80.0 cm³/mol. The highest BCUT2D eigenvalue weighted by Gasteiger charge is 2.20. The number of methoxy groups -OCH3 is 2. The minimum absolute atomic E-state index is 0.365. The summed E-state index contributed by atoms with van der Waals surface area (Å²) in [6.45, 7) is 2.02. The van der Waals surface area contributed by atoms with Crippen LogP contribution in [0.3, 0.4) is 0 Å². The summed E-state index contributed by atoms with van der Waals surface area (Å²) >= 11 is 3.53. The number of ether oxygens (including phenoxy) is 2. The molecule has 0 aliphatic carbocycles. The number of rotatable bonds is 4. The highest BCUT2D eigenvalue weighted by atomic mass is 79.9. The Labute approximate surface area is 126 Å². The van der Waals surface area contributed by atoms with Crippen molar-refractivity contribution in [3.63, 3.8) is 0 Å². The van der Waals surface area contributed by atoms with Gasteiger partial charge in [-0.1, -0.05) is 28.1 Å². The Morgan fingerprint density at radius 2 is 2.00 bits per heavy atom. The lowest BCUT2D eigenvalue weighted by molar-refractivity contribution is 0.355. The number of hydrogen-bond acceptors (Lipinski definition) is 5. The molecule has 0 aliphatic heterocycles. The van der Waals surface area contributed by atoms with Gasteiger partial charge in [0.2, 0.25) is 11.8 Å². The Balaban J connectivity index is 2.44. The first-order valence-corrected chi connectivity index (χ1v) is 6.82. The van der Waals surface area contributed by atoms with Gasteiger partial charge < -0.3 is 15.2 Å². The van der Waals surface area contributed by atoms with Crippen LogP contribution in [0.15, 0.2) is 28.9 Å². The van der Waals surface area contributed by atoms with E-state index in [0.29, 0.717) is 17.5 Å². The van der Waals surface area contributed by atoms with Gasteiger partial charge >= 0.3 is 0 Å². The van der Waals surface area contributed by atoms with Gasteiger partial charge in [-0.05, 0) is 24.1 Å². The van der Waals surface area contributed by atoms with Gasteiger partial charge in [-0.15, -0.1) is 0 Å². The lowest BCUT2D eigenvalue weighted by atomic mass is 10.0. The zero-order valence-corrected chi connectivity index (χ0v) is 13.1. The van der Waals surface area contributed by atoms with Crippen LogP contribution in [0.4, 0.5) is 0 Å². The minimum atomic E-state index is -0.432. The summed E-state index contributed by atoms with van der Waals surface area (Å²) in [6.07, 6.45) is 1.53. The number of nitrogens with zero attached hydrogens (tertiary/aromatic N) is 2. The average Bonchev–Trinajstić information content (AvgIpc) is 2.46. The molecule has 6 heteroatoms. The number of hydrogen-bond donors (Lipinski definition) is 1. The summed E-state index contributed by atoms with van der Waals surface area (Å²) < 4.78 is 11.2. The number of nitrogens with two attached hydrogens (primary N) is 1. The molecule has 0 fully saturated rings. The van der Waals surface area contributed by atoms with Crippen molar-refractivity contribution in [1.29, 1.82) is 0 Å². The van der Waals surface area contributed by atoms with E-state index in [-0.39, 0.29) is 0 Å². The molecule has 0 amide bonds. The largest absolute Gasteiger partial charge is 0.480 e. The van der Waals surface area contributed by atoms with Crippen LogP contribution in [0.5, 0.6) is 11.8 Å². The van der Waals surface area contributed by atoms with E-state index in [1.54, 1.807) is 0 Å². The standard InChI is InChI=1S/C14H16BrN3O2/c1-8-4-5-9(10(15)6-8)12(16)13-14(20-3)18-11(19-2)7-17-13/h4-7,12H,16H2,1-3H3. The quantitative estimate of drug-likeness (QED) is 0.928. The number of aryl methyl sites for hydroxylation is 1. The monoisotopic (exact) mass is 337 g/mol. The molecule has 0 radical (unpaired) electrons. The van der Waals surface area contributed by atoms with Crippen LogP contribution >= 0.6 is 15.9 Å². The normalized spacial score (nSPS) is 12.1. The third-order valence-corrected chi connectivity index (χ3v) is 3.62. The average molecular weight is 338 g/mol. The second-order valence-electron chi connectivity index (χ2n) is 4.31. The van der Waals surface area contributed by atoms with E-state index in [1.807, 2.05) is 25.1 Å². The van der Waals surface area contributed by atoms with Crippen molar-refractivity contribution in [2.75, 3.05) is 14.2 Å². The van der Waals surface area contributed by atoms with Crippen LogP contribution in [0.1, 0.15) is 22.9 Å². The molecular formula is C14H16BrN3O2. The Bertz CT molecular complexity index is 619. The van der Waals surface area contributed by atoms with E-state index >= 15 is 0 Å². The fourth-order valence-corrected chi connectivity index (χ4v) is 2.60. The molecule has 1 atom stereocenters. The van der Waals surface area contributed by atoms with Crippen LogP contribution < -0.4 is 15.2 Å². The summed E-state index contributed by atoms with van der Waals surface area (Å²) in [5.74, 6) is 0.755. The molecule has 106 valence electrons. The van der Waals surface area contributed by atoms with E-state index < -0.39 is 6.04 Å². The van der Waals surface area contributed by atoms with Gasteiger partial charge in [0, 0.05) is 4.47 Å². The first-order valence-electron chi connectivity index (χ1n) is 6.03. The van der Waals surface area contributed by atoms with E-state index in [2.05, 4.69) is 25.9 Å². The molecule has 1 heterocycles. The molecule has 20 heavy (non-hydrogen) atoms. The number of aromatic nitrogens is 2. The maximum Gasteiger partial charge on any atom is 0.240 e. The van der Waals surface area contributed by atoms with Crippen molar-refractivity contribution in [3.8, 4) is 11.8 Å². The van der Waals surface area contributed by atoms with Gasteiger partial charge in [0.05, 0.1) is 26.5 Å². The second-order valence-corrected chi connectivity index (χ2v) is 5.16. The molecular weight excluding hydrogens is 322 g/mol. The second kappa shape index (κ2) is 6.19. The summed E-state index contributed by atoms with van der Waals surface area (Å²) in [7, 11) is 3.06. The zero-order chi connectivity index (χ0) is 14.7. The van der Waals surface area contributed by atoms with Crippen LogP contribution in [-0.2, 0) is 0 Å². The van der Waals surface area contributed by atoms with Crippen LogP contribution in [0, 0.1) is 6.92 Å². The van der Waals surface area contributed by atoms with E-state index in [9.17, 15) is 0 Å². The molecule has 0 saturated carbocycles. The summed E-state index contributed by atoms with van der Waals surface area (Å²) in [6, 6.07) is 5.55. The van der Waals surface area contributed by atoms with Crippen molar-refractivity contribution >= 4 is 15.9 Å². The van der Waals surface area contributed by atoms with Crippen LogP contribution in [0.2, 0.25) is 0 Å². The lowest BCUT2D eigenvalue weighted by Crippen LogP contribution is -2.16. The molecule has 0 saturated heterocycles. The lowest BCUT2D eigenvalue weighted by Gasteiger charge is -2.16. The fourth-order valence-electron chi connectivity index (χ4n) is 1.86. The molecule has 2 rings (SSSR count). The van der Waals surface area contributed by atoms with Crippen molar-refractivity contribution < 1.29 is 9.47 Å². The topological polar surface area (TPSA) is 70.3 Å². The van der Waals surface area contributed by atoms with E-state index in [4.69, 9.17) is 15.2 Å². The van der Waals surface area contributed by atoms with Crippen molar-refractivity contribution in [2.24, 2.45) is 5.73 Å². The maximum absolute atomic E-state index is 6.28. The summed E-state index contributed by atoms with van der Waals surface area (Å²) in [5, 5.41) is 0. The van der Waals surface area contributed by atoms with Gasteiger partial charge in [-0.2, -0.15) is 4.98 Å². The molecule has 0 aliphatic rings. The molecule has 1 aromatic heterocycles. The molecule has 1 aromatic carbocycles. The number of benzene rings is 1. The first kappa shape index (κ1) is 14.7. The van der Waals surface area contributed by atoms with E-state index in [1.165, 1.54) is 20.4 Å². The Kier molecular flexibility index (Phi) is 4.57. The Morgan fingerprint density at radius 1 is 1.25 bits per heavy atom. The molecule has 2 aromatic rings. The smallest absolute Gasteiger partial charge is 0.240 e. The van der Waals surface area contributed by atoms with Crippen molar-refractivity contribution in [1.82, 2.24) is 9.97 Å². The third kappa shape index (κ3) is 2.91. The zero-order valence-electron chi connectivity index (χ0n) is 11.6. The van der Waals surface area contributed by atoms with Crippen LogP contribution in [-0.4, -0.2) is 24.2 Å². The Morgan fingerprint density at radius 3 is 2.60 bits per heavy atom. The molecule has 0 spiro atoms. The first-order chi connectivity index (χ1) is 9.56. The molecule has 1 unspecified atom stereocenters. The third-order valence-electron chi connectivity index (χ3n) is 2.93. The van der Waals surface area contributed by atoms with Gasteiger partial charge in [0.1, 0.15) is 5.69 Å². The minimum Gasteiger partial charge on any atom is -0.480 e. The highest BCUT2D eigenvalue weighted by molar-refractivity contribution is 9.10. The fraction of sp³-hybridized carbons (Fsp3) is 0.286. The summed E-state index contributed by atoms with van der Waals surface area (Å²) in [5.41, 5.74) is 8.93. The predicted octanol–water partition coefficient (Wildman–Crippen LogP) is 2.61. The van der Waals surface area contributed by atoms with E-state index in [0.717, 1.165) is 15.6 Å². The SMILES string of the molecule is COc1cnc(C(N)c2ccc(C)cc2Br)c(OC)n1. The van der Waals surface area contributed by atoms with Gasteiger partial charge in [0.25, 0.3) is 0 Å². The van der Waals surface area contributed by atoms with Crippen LogP contribution in [0.25, 0.3) is 0 Å². The van der Waals surface area contributed by atoms with Crippen molar-refractivity contribution in [2.45, 2.75) is 13.0 Å². The van der Waals surface area contributed by atoms with Crippen molar-refractivity contribution in [3.05, 3.63) is 45.7 Å². The highest BCUT2D eigenvalue weighted by Crippen LogP contribution is 2.31. The molecule has 2 N–H and O–H groups in total. The number of halogens is 1. The van der Waals surface area contributed by atoms with Gasteiger partial charge in [-0.25, -0.2) is 4.98 Å².